The minimum absolute atomic E-state index is 0.202. The highest BCUT2D eigenvalue weighted by atomic mass is 79.9. The Morgan fingerprint density at radius 3 is 2.81 bits per heavy atom. The first kappa shape index (κ1) is 11.2. The van der Waals surface area contributed by atoms with Crippen LogP contribution < -0.4 is 5.32 Å². The van der Waals surface area contributed by atoms with E-state index < -0.39 is 0 Å². The Morgan fingerprint density at radius 2 is 2.19 bits per heavy atom. The molecule has 0 bridgehead atoms. The lowest BCUT2D eigenvalue weighted by Crippen LogP contribution is -2.11. The van der Waals surface area contributed by atoms with E-state index in [2.05, 4.69) is 26.2 Å². The Hall–Kier alpha value is -1.33. The zero-order chi connectivity index (χ0) is 11.5. The average Bonchev–Trinajstić information content (AvgIpc) is 2.65. The molecule has 0 spiro atoms. The highest BCUT2D eigenvalue weighted by Gasteiger charge is 2.11. The van der Waals surface area contributed by atoms with Gasteiger partial charge in [0, 0.05) is 0 Å². The zero-order valence-corrected chi connectivity index (χ0v) is 10.2. The van der Waals surface area contributed by atoms with E-state index in [4.69, 9.17) is 16.0 Å². The van der Waals surface area contributed by atoms with Gasteiger partial charge in [0.2, 0.25) is 0 Å². The largest absolute Gasteiger partial charge is 0.444 e. The third-order valence-electron chi connectivity index (χ3n) is 1.75. The van der Waals surface area contributed by atoms with E-state index in [1.165, 1.54) is 0 Å². The number of rotatable bonds is 2. The zero-order valence-electron chi connectivity index (χ0n) is 7.91. The lowest BCUT2D eigenvalue weighted by atomic mass is 10.4. The summed E-state index contributed by atoms with van der Waals surface area (Å²) in [6, 6.07) is 8.16. The molecule has 6 heteroatoms. The Morgan fingerprint density at radius 1 is 1.38 bits per heavy atom. The van der Waals surface area contributed by atoms with Gasteiger partial charge in [-0.1, -0.05) is 17.7 Å². The fraction of sp³-hybridized carbons (Fsp3) is 0. The number of hydrogen-bond donors (Lipinski definition) is 1. The predicted molar refractivity (Wildman–Crippen MR) is 63.6 cm³/mol. The van der Waals surface area contributed by atoms with Crippen molar-refractivity contribution in [1.82, 2.24) is 4.98 Å². The van der Waals surface area contributed by atoms with E-state index >= 15 is 0 Å². The number of halogens is 2. The van der Waals surface area contributed by atoms with Crippen LogP contribution in [-0.2, 0) is 0 Å². The number of hydrogen-bond acceptors (Lipinski definition) is 3. The smallest absolute Gasteiger partial charge is 0.292 e. The summed E-state index contributed by atoms with van der Waals surface area (Å²) in [7, 11) is 0. The van der Waals surface area contributed by atoms with Crippen LogP contribution >= 0.6 is 27.5 Å². The molecule has 4 nitrogen and oxygen atoms in total. The van der Waals surface area contributed by atoms with Crippen molar-refractivity contribution in [1.29, 1.82) is 0 Å². The van der Waals surface area contributed by atoms with Gasteiger partial charge >= 0.3 is 0 Å². The van der Waals surface area contributed by atoms with Crippen molar-refractivity contribution in [2.75, 3.05) is 5.32 Å². The van der Waals surface area contributed by atoms with Crippen molar-refractivity contribution in [2.24, 2.45) is 0 Å². The standard InChI is InChI=1S/C10H6BrClN2O2/c11-7-5-4-6(16-7)10(15)14-9-3-1-2-8(12)13-9/h1-5H,(H,13,14,15). The van der Waals surface area contributed by atoms with Gasteiger partial charge in [-0.05, 0) is 40.2 Å². The normalized spacial score (nSPS) is 10.1. The molecule has 1 N–H and O–H groups in total. The molecule has 0 saturated heterocycles. The maximum Gasteiger partial charge on any atom is 0.292 e. The van der Waals surface area contributed by atoms with Crippen LogP contribution in [0.2, 0.25) is 5.15 Å². The summed E-state index contributed by atoms with van der Waals surface area (Å²) in [4.78, 5) is 15.6. The maximum absolute atomic E-state index is 11.6. The number of amides is 1. The molecule has 1 amide bonds. The number of nitrogens with zero attached hydrogens (tertiary/aromatic N) is 1. The van der Waals surface area contributed by atoms with Crippen LogP contribution in [0.15, 0.2) is 39.4 Å². The minimum Gasteiger partial charge on any atom is -0.444 e. The molecule has 0 aromatic carbocycles. The monoisotopic (exact) mass is 300 g/mol. The van der Waals surface area contributed by atoms with Crippen molar-refractivity contribution >= 4 is 39.3 Å². The molecule has 0 aliphatic carbocycles. The Bertz CT molecular complexity index is 527. The van der Waals surface area contributed by atoms with Crippen molar-refractivity contribution in [3.63, 3.8) is 0 Å². The van der Waals surface area contributed by atoms with Gasteiger partial charge in [0.05, 0.1) is 0 Å². The molecule has 0 aliphatic heterocycles. The molecule has 82 valence electrons. The van der Waals surface area contributed by atoms with Gasteiger partial charge in [-0.2, -0.15) is 0 Å². The topological polar surface area (TPSA) is 55.1 Å². The van der Waals surface area contributed by atoms with Crippen LogP contribution in [0.4, 0.5) is 5.82 Å². The molecular weight excluding hydrogens is 295 g/mol. The summed E-state index contributed by atoms with van der Waals surface area (Å²) in [6.07, 6.45) is 0. The van der Waals surface area contributed by atoms with Gasteiger partial charge in [-0.3, -0.25) is 4.79 Å². The second-order valence-electron chi connectivity index (χ2n) is 2.90. The van der Waals surface area contributed by atoms with E-state index in [-0.39, 0.29) is 11.7 Å². The molecule has 16 heavy (non-hydrogen) atoms. The van der Waals surface area contributed by atoms with Crippen LogP contribution in [0.25, 0.3) is 0 Å². The SMILES string of the molecule is O=C(Nc1cccc(Cl)n1)c1ccc(Br)o1. The van der Waals surface area contributed by atoms with E-state index in [9.17, 15) is 4.79 Å². The van der Waals surface area contributed by atoms with E-state index in [0.717, 1.165) is 0 Å². The molecule has 0 fully saturated rings. The minimum atomic E-state index is -0.375. The predicted octanol–water partition coefficient (Wildman–Crippen LogP) is 3.34. The summed E-state index contributed by atoms with van der Waals surface area (Å²) in [5.41, 5.74) is 0. The van der Waals surface area contributed by atoms with Crippen LogP contribution in [0, 0.1) is 0 Å². The summed E-state index contributed by atoms with van der Waals surface area (Å²) in [5.74, 6) is 0.208. The molecule has 0 saturated carbocycles. The van der Waals surface area contributed by atoms with E-state index in [0.29, 0.717) is 15.6 Å². The molecular formula is C10H6BrClN2O2. The third-order valence-corrected chi connectivity index (χ3v) is 2.39. The van der Waals surface area contributed by atoms with E-state index in [1.807, 2.05) is 0 Å². The van der Waals surface area contributed by atoms with Crippen molar-refractivity contribution < 1.29 is 9.21 Å². The molecule has 2 aromatic heterocycles. The lowest BCUT2D eigenvalue weighted by Gasteiger charge is -2.01. The van der Waals surface area contributed by atoms with Crippen LogP contribution in [0.1, 0.15) is 10.6 Å². The summed E-state index contributed by atoms with van der Waals surface area (Å²) in [5, 5.41) is 2.88. The van der Waals surface area contributed by atoms with Crippen LogP contribution in [0.3, 0.4) is 0 Å². The summed E-state index contributed by atoms with van der Waals surface area (Å²) >= 11 is 8.80. The number of nitrogens with one attached hydrogen (secondary N) is 1. The Labute approximate surface area is 105 Å². The number of carbonyl (C=O) groups is 1. The molecule has 0 unspecified atom stereocenters. The number of aromatic nitrogens is 1. The summed E-state index contributed by atoms with van der Waals surface area (Å²) < 4.78 is 5.59. The molecule has 2 rings (SSSR count). The fourth-order valence-electron chi connectivity index (χ4n) is 1.09. The summed E-state index contributed by atoms with van der Waals surface area (Å²) in [6.45, 7) is 0. The number of anilines is 1. The molecule has 0 atom stereocenters. The van der Waals surface area contributed by atoms with Gasteiger partial charge in [0.15, 0.2) is 10.4 Å². The highest BCUT2D eigenvalue weighted by Crippen LogP contribution is 2.16. The molecule has 0 aliphatic rings. The van der Waals surface area contributed by atoms with E-state index in [1.54, 1.807) is 30.3 Å². The number of carbonyl (C=O) groups excluding carboxylic acids is 1. The third kappa shape index (κ3) is 2.62. The van der Waals surface area contributed by atoms with Crippen molar-refractivity contribution in [2.45, 2.75) is 0 Å². The second-order valence-corrected chi connectivity index (χ2v) is 4.07. The highest BCUT2D eigenvalue weighted by molar-refractivity contribution is 9.10. The van der Waals surface area contributed by atoms with Crippen molar-refractivity contribution in [3.8, 4) is 0 Å². The average molecular weight is 302 g/mol. The van der Waals surface area contributed by atoms with Gasteiger partial charge in [0.25, 0.3) is 5.91 Å². The van der Waals surface area contributed by atoms with Crippen LogP contribution in [-0.4, -0.2) is 10.9 Å². The van der Waals surface area contributed by atoms with Gasteiger partial charge in [-0.15, -0.1) is 0 Å². The Kier molecular flexibility index (Phi) is 3.26. The number of furan rings is 1. The second kappa shape index (κ2) is 4.67. The molecule has 2 heterocycles. The molecule has 2 aromatic rings. The number of pyridine rings is 1. The first-order chi connectivity index (χ1) is 7.65. The van der Waals surface area contributed by atoms with Gasteiger partial charge in [-0.25, -0.2) is 4.98 Å². The molecule has 0 radical (unpaired) electrons. The fourth-order valence-corrected chi connectivity index (χ4v) is 1.56. The first-order valence-electron chi connectivity index (χ1n) is 4.34. The Balaban J connectivity index is 2.13. The lowest BCUT2D eigenvalue weighted by molar-refractivity contribution is 0.0995. The van der Waals surface area contributed by atoms with Gasteiger partial charge in [0.1, 0.15) is 11.0 Å². The maximum atomic E-state index is 11.6. The first-order valence-corrected chi connectivity index (χ1v) is 5.51. The van der Waals surface area contributed by atoms with Gasteiger partial charge < -0.3 is 9.73 Å². The quantitative estimate of drug-likeness (QED) is 0.866. The van der Waals surface area contributed by atoms with Crippen LogP contribution in [0.5, 0.6) is 0 Å². The van der Waals surface area contributed by atoms with Crippen molar-refractivity contribution in [3.05, 3.63) is 45.9 Å².